The van der Waals surface area contributed by atoms with Crippen LogP contribution in [0.3, 0.4) is 0 Å². The van der Waals surface area contributed by atoms with E-state index in [1.807, 2.05) is 45.0 Å². The van der Waals surface area contributed by atoms with Crippen LogP contribution in [0.2, 0.25) is 5.02 Å². The molecule has 8 heteroatoms. The number of aryl methyl sites for hydroxylation is 1. The molecule has 5 rings (SSSR count). The Morgan fingerprint density at radius 2 is 1.89 bits per heavy atom. The predicted octanol–water partition coefficient (Wildman–Crippen LogP) is 4.74. The zero-order chi connectivity index (χ0) is 26.0. The molecule has 3 aliphatic rings. The molecule has 3 N–H and O–H groups in total. The van der Waals surface area contributed by atoms with E-state index < -0.39 is 17.3 Å². The lowest BCUT2D eigenvalue weighted by molar-refractivity contribution is -0.140. The van der Waals surface area contributed by atoms with Crippen LogP contribution in [0.5, 0.6) is 0 Å². The Bertz CT molecular complexity index is 1410. The van der Waals surface area contributed by atoms with Gasteiger partial charge in [-0.15, -0.1) is 0 Å². The fraction of sp³-hybridized carbons (Fsp3) is 0.321. The number of nitrogens with zero attached hydrogens (tertiary/aromatic N) is 1. The molecule has 186 valence electrons. The van der Waals surface area contributed by atoms with Gasteiger partial charge in [-0.2, -0.15) is 0 Å². The van der Waals surface area contributed by atoms with Crippen molar-refractivity contribution in [1.29, 1.82) is 0 Å². The number of carbonyl (C=O) groups excluding carboxylic acids is 3. The smallest absolute Gasteiger partial charge is 0.339 e. The summed E-state index contributed by atoms with van der Waals surface area (Å²) in [6.07, 6.45) is 0.693. The van der Waals surface area contributed by atoms with Gasteiger partial charge in [0.1, 0.15) is 16.8 Å². The van der Waals surface area contributed by atoms with E-state index in [-0.39, 0.29) is 41.2 Å². The van der Waals surface area contributed by atoms with Crippen LogP contribution in [0.25, 0.3) is 0 Å². The maximum atomic E-state index is 14.0. The minimum Gasteiger partial charge on any atom is -0.462 e. The van der Waals surface area contributed by atoms with Crippen molar-refractivity contribution >= 4 is 40.6 Å². The lowest BCUT2D eigenvalue weighted by Gasteiger charge is -2.47. The summed E-state index contributed by atoms with van der Waals surface area (Å²) in [7, 11) is 0. The highest BCUT2D eigenvalue weighted by molar-refractivity contribution is 6.31. The van der Waals surface area contributed by atoms with E-state index in [1.165, 1.54) is 0 Å². The van der Waals surface area contributed by atoms with Crippen molar-refractivity contribution in [3.63, 3.8) is 0 Å². The maximum Gasteiger partial charge on any atom is 0.339 e. The van der Waals surface area contributed by atoms with E-state index in [2.05, 4.69) is 5.32 Å². The van der Waals surface area contributed by atoms with Gasteiger partial charge in [0.05, 0.1) is 12.3 Å². The lowest BCUT2D eigenvalue weighted by atomic mass is 9.60. The van der Waals surface area contributed by atoms with Crippen molar-refractivity contribution in [3.05, 3.63) is 81.3 Å². The van der Waals surface area contributed by atoms with E-state index in [0.29, 0.717) is 28.4 Å². The van der Waals surface area contributed by atoms with Crippen LogP contribution in [0.1, 0.15) is 44.7 Å². The third-order valence-electron chi connectivity index (χ3n) is 7.18. The molecule has 7 nitrogen and oxygen atoms in total. The third kappa shape index (κ3) is 3.29. The first kappa shape index (κ1) is 24.1. The Balaban J connectivity index is 1.95. The number of halogens is 1. The number of Topliss-reactive ketones (excluding diaryl/α,β-unsaturated/α-hetero) is 1. The first-order valence-electron chi connectivity index (χ1n) is 11.9. The first-order chi connectivity index (χ1) is 17.0. The van der Waals surface area contributed by atoms with Crippen molar-refractivity contribution in [2.75, 3.05) is 16.8 Å². The van der Waals surface area contributed by atoms with Gasteiger partial charge in [0.2, 0.25) is 5.91 Å². The summed E-state index contributed by atoms with van der Waals surface area (Å²) in [6, 6.07) is 12.6. The second kappa shape index (κ2) is 8.23. The van der Waals surface area contributed by atoms with E-state index in [4.69, 9.17) is 22.1 Å². The Kier molecular flexibility index (Phi) is 5.52. The van der Waals surface area contributed by atoms with Gasteiger partial charge in [-0.1, -0.05) is 43.6 Å². The number of hydrogen-bond donors (Lipinski definition) is 2. The van der Waals surface area contributed by atoms with Crippen molar-refractivity contribution in [2.45, 2.75) is 46.0 Å². The van der Waals surface area contributed by atoms with Crippen LogP contribution in [0.15, 0.2) is 65.1 Å². The highest BCUT2D eigenvalue weighted by Crippen LogP contribution is 2.57. The van der Waals surface area contributed by atoms with Crippen LogP contribution in [-0.4, -0.2) is 24.3 Å². The highest BCUT2D eigenvalue weighted by atomic mass is 35.5. The zero-order valence-electron chi connectivity index (χ0n) is 20.7. The maximum absolute atomic E-state index is 14.0. The lowest BCUT2D eigenvalue weighted by Crippen LogP contribution is -2.54. The number of carbonyl (C=O) groups is 3. The molecular weight excluding hydrogens is 478 g/mol. The molecule has 1 unspecified atom stereocenters. The number of ketones is 1. The van der Waals surface area contributed by atoms with Crippen LogP contribution in [0, 0.1) is 12.3 Å². The molecule has 2 aromatic rings. The second-order valence-corrected chi connectivity index (χ2v) is 10.7. The van der Waals surface area contributed by atoms with Gasteiger partial charge in [0.25, 0.3) is 0 Å². The van der Waals surface area contributed by atoms with Crippen molar-refractivity contribution in [1.82, 2.24) is 0 Å². The zero-order valence-corrected chi connectivity index (χ0v) is 21.5. The molecule has 0 radical (unpaired) electrons. The van der Waals surface area contributed by atoms with Crippen molar-refractivity contribution in [2.24, 2.45) is 11.1 Å². The SMILES string of the molecule is CCOC(=O)C1=C(N)N(c2ccccc2C)C2=C(C(=O)CC(C)(C)C2)C12C(=O)Nc1ccc(Cl)cc12. The van der Waals surface area contributed by atoms with Gasteiger partial charge in [-0.05, 0) is 55.5 Å². The molecule has 2 aromatic carbocycles. The van der Waals surface area contributed by atoms with E-state index in [9.17, 15) is 14.4 Å². The molecule has 1 aliphatic carbocycles. The second-order valence-electron chi connectivity index (χ2n) is 10.3. The Hall–Kier alpha value is -3.58. The van der Waals surface area contributed by atoms with Crippen molar-refractivity contribution < 1.29 is 19.1 Å². The molecule has 0 bridgehead atoms. The Morgan fingerprint density at radius 3 is 2.58 bits per heavy atom. The molecular formula is C28H28ClN3O4. The third-order valence-corrected chi connectivity index (χ3v) is 7.41. The van der Waals surface area contributed by atoms with Gasteiger partial charge in [0.15, 0.2) is 5.78 Å². The number of amides is 1. The number of esters is 1. The monoisotopic (exact) mass is 505 g/mol. The molecule has 2 aliphatic heterocycles. The van der Waals surface area contributed by atoms with Gasteiger partial charge in [-0.25, -0.2) is 4.79 Å². The van der Waals surface area contributed by atoms with E-state index >= 15 is 0 Å². The largest absolute Gasteiger partial charge is 0.462 e. The molecule has 2 heterocycles. The van der Waals surface area contributed by atoms with Crippen LogP contribution >= 0.6 is 11.6 Å². The minimum atomic E-state index is -1.77. The Labute approximate surface area is 214 Å². The summed E-state index contributed by atoms with van der Waals surface area (Å²) in [5.74, 6) is -1.41. The molecule has 1 amide bonds. The molecule has 0 saturated carbocycles. The number of nitrogens with one attached hydrogen (secondary N) is 1. The van der Waals surface area contributed by atoms with E-state index in [1.54, 1.807) is 30.0 Å². The number of ether oxygens (including phenoxy) is 1. The number of benzene rings is 2. The van der Waals surface area contributed by atoms with Crippen molar-refractivity contribution in [3.8, 4) is 0 Å². The van der Waals surface area contributed by atoms with Crippen LogP contribution in [0.4, 0.5) is 11.4 Å². The molecule has 0 aromatic heterocycles. The molecule has 1 atom stereocenters. The van der Waals surface area contributed by atoms with Gasteiger partial charge >= 0.3 is 5.97 Å². The topological polar surface area (TPSA) is 102 Å². The number of hydrogen-bond acceptors (Lipinski definition) is 6. The number of para-hydroxylation sites is 1. The average molecular weight is 506 g/mol. The fourth-order valence-electron chi connectivity index (χ4n) is 5.80. The Morgan fingerprint density at radius 1 is 1.17 bits per heavy atom. The first-order valence-corrected chi connectivity index (χ1v) is 12.3. The summed E-state index contributed by atoms with van der Waals surface area (Å²) >= 11 is 6.39. The number of nitrogens with two attached hydrogens (primary N) is 1. The summed E-state index contributed by atoms with van der Waals surface area (Å²) in [4.78, 5) is 43.4. The molecule has 36 heavy (non-hydrogen) atoms. The van der Waals surface area contributed by atoms with Crippen LogP contribution < -0.4 is 16.0 Å². The molecule has 1 spiro atoms. The average Bonchev–Trinajstić information content (AvgIpc) is 3.05. The predicted molar refractivity (Wildman–Crippen MR) is 138 cm³/mol. The normalized spacial score (nSPS) is 22.5. The minimum absolute atomic E-state index is 0.0648. The standard InChI is InChI=1S/C28H28ClN3O4/c1-5-36-25(34)23-24(30)32(19-9-7-6-8-15(19)2)20-13-27(3,4)14-21(33)22(20)28(23)17-12-16(29)10-11-18(17)31-26(28)35/h6-12H,5,13-14,30H2,1-4H3,(H,31,35). The number of fused-ring (bicyclic) bond motifs is 3. The van der Waals surface area contributed by atoms with Gasteiger partial charge in [-0.3, -0.25) is 14.5 Å². The molecule has 0 fully saturated rings. The number of rotatable bonds is 3. The summed E-state index contributed by atoms with van der Waals surface area (Å²) < 4.78 is 5.45. The fourth-order valence-corrected chi connectivity index (χ4v) is 5.97. The molecule has 0 saturated heterocycles. The number of anilines is 2. The summed E-state index contributed by atoms with van der Waals surface area (Å²) in [5.41, 5.74) is 8.04. The highest BCUT2D eigenvalue weighted by Gasteiger charge is 2.63. The van der Waals surface area contributed by atoms with Crippen LogP contribution in [-0.2, 0) is 24.5 Å². The van der Waals surface area contributed by atoms with Gasteiger partial charge in [0, 0.05) is 34.0 Å². The summed E-state index contributed by atoms with van der Waals surface area (Å²) in [6.45, 7) is 7.72. The van der Waals surface area contributed by atoms with E-state index in [0.717, 1.165) is 11.3 Å². The summed E-state index contributed by atoms with van der Waals surface area (Å²) in [5, 5.41) is 3.25. The quantitative estimate of drug-likeness (QED) is 0.584. The van der Waals surface area contributed by atoms with Gasteiger partial charge < -0.3 is 15.8 Å². The number of allylic oxidation sites excluding steroid dienone is 1.